The van der Waals surface area contributed by atoms with Gasteiger partial charge in [-0.25, -0.2) is 13.2 Å². The second-order valence-electron chi connectivity index (χ2n) is 11.3. The molecule has 1 fully saturated rings. The Labute approximate surface area is 262 Å². The Kier molecular flexibility index (Phi) is 9.13. The number of nitrogens with one attached hydrogen (secondary N) is 2. The fourth-order valence-corrected chi connectivity index (χ4v) is 7.65. The SMILES string of the molecule is COc1cccc(CCCN(C2CCNCC2)S(=O)(=O)c2ccc(-c3cc4cn(-c5ccc(CN)cc5)c(=O)nc4[nH]3)cc2)c1. The lowest BCUT2D eigenvalue weighted by molar-refractivity contribution is 0.260. The molecule has 1 aliphatic rings. The van der Waals surface area contributed by atoms with E-state index in [2.05, 4.69) is 15.3 Å². The molecule has 0 radical (unpaired) electrons. The van der Waals surface area contributed by atoms with E-state index < -0.39 is 15.7 Å². The number of hydrogen-bond donors (Lipinski definition) is 3. The Balaban J connectivity index is 1.23. The monoisotopic (exact) mass is 626 g/mol. The molecule has 0 atom stereocenters. The summed E-state index contributed by atoms with van der Waals surface area (Å²) in [7, 11) is -2.09. The Morgan fingerprint density at radius 3 is 2.47 bits per heavy atom. The number of piperidine rings is 1. The van der Waals surface area contributed by atoms with Crippen LogP contribution < -0.4 is 21.5 Å². The van der Waals surface area contributed by atoms with Gasteiger partial charge in [-0.1, -0.05) is 36.4 Å². The summed E-state index contributed by atoms with van der Waals surface area (Å²) >= 11 is 0. The van der Waals surface area contributed by atoms with E-state index in [1.807, 2.05) is 54.6 Å². The maximum Gasteiger partial charge on any atom is 0.354 e. The van der Waals surface area contributed by atoms with Crippen LogP contribution in [0.2, 0.25) is 0 Å². The molecule has 2 aromatic heterocycles. The number of aryl methyl sites for hydroxylation is 1. The Hall–Kier alpha value is -4.29. The van der Waals surface area contributed by atoms with E-state index in [1.54, 1.807) is 41.9 Å². The molecule has 0 spiro atoms. The number of aromatic nitrogens is 3. The van der Waals surface area contributed by atoms with Crippen molar-refractivity contribution in [2.45, 2.75) is 43.2 Å². The molecule has 0 unspecified atom stereocenters. The fourth-order valence-electron chi connectivity index (χ4n) is 5.93. The molecule has 11 heteroatoms. The van der Waals surface area contributed by atoms with Crippen LogP contribution in [0.25, 0.3) is 28.0 Å². The zero-order chi connectivity index (χ0) is 31.4. The van der Waals surface area contributed by atoms with Gasteiger partial charge in [-0.15, -0.1) is 0 Å². The van der Waals surface area contributed by atoms with Gasteiger partial charge in [0.2, 0.25) is 10.0 Å². The normalized spacial score (nSPS) is 14.3. The van der Waals surface area contributed by atoms with Gasteiger partial charge < -0.3 is 20.8 Å². The highest BCUT2D eigenvalue weighted by Gasteiger charge is 2.32. The second kappa shape index (κ2) is 13.4. The van der Waals surface area contributed by atoms with Crippen LogP contribution in [0.5, 0.6) is 5.75 Å². The van der Waals surface area contributed by atoms with E-state index in [9.17, 15) is 13.2 Å². The van der Waals surface area contributed by atoms with Gasteiger partial charge in [-0.3, -0.25) is 4.57 Å². The second-order valence-corrected chi connectivity index (χ2v) is 13.2. The average molecular weight is 627 g/mol. The highest BCUT2D eigenvalue weighted by atomic mass is 32.2. The molecule has 1 saturated heterocycles. The zero-order valence-electron chi connectivity index (χ0n) is 25.3. The van der Waals surface area contributed by atoms with Crippen LogP contribution in [0.1, 0.15) is 30.4 Å². The molecule has 0 saturated carbocycles. The van der Waals surface area contributed by atoms with Crippen molar-refractivity contribution in [3.63, 3.8) is 0 Å². The Morgan fingerprint density at radius 1 is 1.00 bits per heavy atom. The summed E-state index contributed by atoms with van der Waals surface area (Å²) in [5.41, 5.74) is 10.1. The standard InChI is InChI=1S/C34H38N6O4S/c1-44-30-6-2-4-24(20-30)5-3-19-40(29-15-17-36-18-16-29)45(42,43)31-13-9-26(10-14-31)32-21-27-23-39(34(41)38-33(27)37-32)28-11-7-25(22-35)8-12-28/h2,4,6-14,20-21,23,29,36H,3,5,15-19,22,35H2,1H3,(H,37,38,41). The number of H-pyrrole nitrogens is 1. The third-order valence-corrected chi connectivity index (χ3v) is 10.4. The van der Waals surface area contributed by atoms with Crippen molar-refractivity contribution in [1.82, 2.24) is 24.2 Å². The van der Waals surface area contributed by atoms with Crippen LogP contribution in [0, 0.1) is 0 Å². The molecule has 0 amide bonds. The molecular formula is C34H38N6O4S. The van der Waals surface area contributed by atoms with Gasteiger partial charge in [0.25, 0.3) is 0 Å². The minimum absolute atomic E-state index is 0.0551. The van der Waals surface area contributed by atoms with E-state index in [1.165, 1.54) is 4.57 Å². The number of nitrogens with zero attached hydrogens (tertiary/aromatic N) is 3. The number of fused-ring (bicyclic) bond motifs is 1. The van der Waals surface area contributed by atoms with Crippen molar-refractivity contribution in [3.8, 4) is 22.7 Å². The number of hydrogen-bond acceptors (Lipinski definition) is 7. The quantitative estimate of drug-likeness (QED) is 0.200. The van der Waals surface area contributed by atoms with E-state index >= 15 is 0 Å². The van der Waals surface area contributed by atoms with Crippen molar-refractivity contribution < 1.29 is 13.2 Å². The Morgan fingerprint density at radius 2 is 1.76 bits per heavy atom. The molecule has 0 bridgehead atoms. The molecule has 3 heterocycles. The number of methoxy groups -OCH3 is 1. The first-order chi connectivity index (χ1) is 21.9. The number of benzene rings is 3. The molecule has 0 aliphatic carbocycles. The van der Waals surface area contributed by atoms with Crippen molar-refractivity contribution in [2.75, 3.05) is 26.7 Å². The number of ether oxygens (including phenoxy) is 1. The van der Waals surface area contributed by atoms with Gasteiger partial charge in [-0.2, -0.15) is 9.29 Å². The Bertz CT molecular complexity index is 1930. The summed E-state index contributed by atoms with van der Waals surface area (Å²) in [5.74, 6) is 0.798. The zero-order valence-corrected chi connectivity index (χ0v) is 26.1. The summed E-state index contributed by atoms with van der Waals surface area (Å²) in [5, 5.41) is 4.10. The summed E-state index contributed by atoms with van der Waals surface area (Å²) in [6, 6.07) is 24.1. The lowest BCUT2D eigenvalue weighted by atomic mass is 10.1. The van der Waals surface area contributed by atoms with E-state index in [0.29, 0.717) is 30.8 Å². The average Bonchev–Trinajstić information content (AvgIpc) is 3.49. The first kappa shape index (κ1) is 30.7. The number of aromatic amines is 1. The third-order valence-electron chi connectivity index (χ3n) is 8.42. The molecule has 4 N–H and O–H groups in total. The van der Waals surface area contributed by atoms with Gasteiger partial charge in [0.1, 0.15) is 11.4 Å². The molecule has 10 nitrogen and oxygen atoms in total. The predicted molar refractivity (Wildman–Crippen MR) is 176 cm³/mol. The van der Waals surface area contributed by atoms with Crippen molar-refractivity contribution in [3.05, 3.63) is 107 Å². The minimum Gasteiger partial charge on any atom is -0.497 e. The third kappa shape index (κ3) is 6.71. The maximum absolute atomic E-state index is 14.0. The number of rotatable bonds is 11. The lowest BCUT2D eigenvalue weighted by Gasteiger charge is -2.34. The smallest absolute Gasteiger partial charge is 0.354 e. The van der Waals surface area contributed by atoms with Gasteiger partial charge in [0, 0.05) is 36.4 Å². The lowest BCUT2D eigenvalue weighted by Crippen LogP contribution is -2.46. The summed E-state index contributed by atoms with van der Waals surface area (Å²) in [4.78, 5) is 20.5. The topological polar surface area (TPSA) is 135 Å². The van der Waals surface area contributed by atoms with Crippen molar-refractivity contribution >= 4 is 21.1 Å². The van der Waals surface area contributed by atoms with Gasteiger partial charge >= 0.3 is 5.69 Å². The minimum atomic E-state index is -3.73. The van der Waals surface area contributed by atoms with E-state index in [0.717, 1.165) is 65.9 Å². The molecule has 6 rings (SSSR count). The molecule has 45 heavy (non-hydrogen) atoms. The van der Waals surface area contributed by atoms with Crippen LogP contribution in [0.3, 0.4) is 0 Å². The molecule has 1 aliphatic heterocycles. The van der Waals surface area contributed by atoms with Crippen LogP contribution >= 0.6 is 0 Å². The van der Waals surface area contributed by atoms with Crippen LogP contribution in [0.15, 0.2) is 94.7 Å². The van der Waals surface area contributed by atoms with Crippen molar-refractivity contribution in [1.29, 1.82) is 0 Å². The first-order valence-electron chi connectivity index (χ1n) is 15.2. The highest BCUT2D eigenvalue weighted by molar-refractivity contribution is 7.89. The van der Waals surface area contributed by atoms with E-state index in [4.69, 9.17) is 10.5 Å². The van der Waals surface area contributed by atoms with E-state index in [-0.39, 0.29) is 10.9 Å². The highest BCUT2D eigenvalue weighted by Crippen LogP contribution is 2.28. The van der Waals surface area contributed by atoms with Crippen LogP contribution in [-0.2, 0) is 23.0 Å². The summed E-state index contributed by atoms with van der Waals surface area (Å²) in [6.45, 7) is 2.45. The molecule has 3 aromatic carbocycles. The molecule has 234 valence electrons. The van der Waals surface area contributed by atoms with Gasteiger partial charge in [-0.05, 0) is 97.9 Å². The van der Waals surface area contributed by atoms with Gasteiger partial charge in [0.15, 0.2) is 0 Å². The van der Waals surface area contributed by atoms with Crippen molar-refractivity contribution in [2.24, 2.45) is 5.73 Å². The number of nitrogens with two attached hydrogens (primary N) is 1. The van der Waals surface area contributed by atoms with Crippen LogP contribution in [-0.4, -0.2) is 60.0 Å². The van der Waals surface area contributed by atoms with Crippen LogP contribution in [0.4, 0.5) is 0 Å². The fraction of sp³-hybridized carbons (Fsp3) is 0.294. The number of sulfonamides is 1. The van der Waals surface area contributed by atoms with Gasteiger partial charge in [0.05, 0.1) is 17.7 Å². The maximum atomic E-state index is 14.0. The summed E-state index contributed by atoms with van der Waals surface area (Å²) in [6.07, 6.45) is 4.76. The summed E-state index contributed by atoms with van der Waals surface area (Å²) < 4.78 is 36.6. The molecular weight excluding hydrogens is 588 g/mol. The molecule has 5 aromatic rings. The largest absolute Gasteiger partial charge is 0.497 e. The predicted octanol–water partition coefficient (Wildman–Crippen LogP) is 4.22. The first-order valence-corrected chi connectivity index (χ1v) is 16.7.